The van der Waals surface area contributed by atoms with Gasteiger partial charge in [-0.25, -0.2) is 9.78 Å². The quantitative estimate of drug-likeness (QED) is 0.596. The van der Waals surface area contributed by atoms with Gasteiger partial charge in [0.15, 0.2) is 0 Å². The fraction of sp³-hybridized carbons (Fsp3) is 0.429. The van der Waals surface area contributed by atoms with Crippen LogP contribution < -0.4 is 21.1 Å². The zero-order chi connectivity index (χ0) is 21.5. The van der Waals surface area contributed by atoms with Gasteiger partial charge in [0.1, 0.15) is 11.6 Å². The number of nitrogens with two attached hydrogens (primary N) is 1. The summed E-state index contributed by atoms with van der Waals surface area (Å²) in [6, 6.07) is 7.07. The summed E-state index contributed by atoms with van der Waals surface area (Å²) >= 11 is 0. The molecule has 0 aliphatic carbocycles. The van der Waals surface area contributed by atoms with Crippen LogP contribution in [0, 0.1) is 0 Å². The summed E-state index contributed by atoms with van der Waals surface area (Å²) in [6.45, 7) is 4.03. The van der Waals surface area contributed by atoms with Crippen LogP contribution in [0.1, 0.15) is 42.1 Å². The molecule has 1 fully saturated rings. The lowest BCUT2D eigenvalue weighted by Gasteiger charge is -2.32. The van der Waals surface area contributed by atoms with E-state index in [2.05, 4.69) is 20.6 Å². The number of rotatable bonds is 7. The van der Waals surface area contributed by atoms with Crippen LogP contribution in [0.2, 0.25) is 0 Å². The molecule has 1 saturated heterocycles. The third-order valence-corrected chi connectivity index (χ3v) is 5.06. The number of hydrogen-bond acceptors (Lipinski definition) is 7. The molecule has 0 saturated carbocycles. The van der Waals surface area contributed by atoms with Crippen molar-refractivity contribution in [3.05, 3.63) is 41.6 Å². The molecule has 1 aromatic carbocycles. The number of methoxy groups -OCH3 is 1. The Balaban J connectivity index is 1.61. The monoisotopic (exact) mass is 412 g/mol. The van der Waals surface area contributed by atoms with E-state index in [9.17, 15) is 9.59 Å². The van der Waals surface area contributed by atoms with E-state index in [4.69, 9.17) is 10.5 Å². The average Bonchev–Trinajstić information content (AvgIpc) is 2.77. The van der Waals surface area contributed by atoms with E-state index in [1.165, 1.54) is 13.3 Å². The number of anilines is 2. The Kier molecular flexibility index (Phi) is 7.05. The third kappa shape index (κ3) is 4.97. The molecular weight excluding hydrogens is 384 g/mol. The van der Waals surface area contributed by atoms with E-state index < -0.39 is 0 Å². The molecule has 30 heavy (non-hydrogen) atoms. The molecule has 0 unspecified atom stereocenters. The molecule has 160 valence electrons. The highest BCUT2D eigenvalue weighted by Crippen LogP contribution is 2.23. The first-order valence-electron chi connectivity index (χ1n) is 10.1. The maximum Gasteiger partial charge on any atom is 0.317 e. The number of piperidine rings is 1. The number of ether oxygens (including phenoxy) is 1. The first kappa shape index (κ1) is 21.4. The van der Waals surface area contributed by atoms with Crippen LogP contribution in [-0.4, -0.2) is 59.5 Å². The lowest BCUT2D eigenvalue weighted by Crippen LogP contribution is -2.47. The summed E-state index contributed by atoms with van der Waals surface area (Å²) in [5.41, 5.74) is 6.69. The number of benzene rings is 1. The van der Waals surface area contributed by atoms with Crippen LogP contribution in [0.15, 0.2) is 30.5 Å². The Morgan fingerprint density at radius 3 is 2.63 bits per heavy atom. The third-order valence-electron chi connectivity index (χ3n) is 5.06. The highest BCUT2D eigenvalue weighted by Gasteiger charge is 2.24. The molecule has 4 N–H and O–H groups in total. The van der Waals surface area contributed by atoms with Crippen LogP contribution in [0.4, 0.5) is 16.6 Å². The Hall–Kier alpha value is -3.36. The van der Waals surface area contributed by atoms with Crippen molar-refractivity contribution < 1.29 is 14.3 Å². The number of nitrogens with zero attached hydrogens (tertiary/aromatic N) is 3. The molecule has 0 radical (unpaired) electrons. The standard InChI is InChI=1S/C21H28N6O3/c1-3-10-23-21(29)27-11-8-14(9-12-27)25-20-24-13-16(19(22)26-20)18(28)15-6-4-5-7-17(15)30-2/h4-7,13-14H,3,8-12H2,1-2H3,(H,23,29)(H3,22,24,25,26). The van der Waals surface area contributed by atoms with Gasteiger partial charge in [0.25, 0.3) is 0 Å². The minimum absolute atomic E-state index is 0.0185. The van der Waals surface area contributed by atoms with Gasteiger partial charge in [-0.2, -0.15) is 4.98 Å². The van der Waals surface area contributed by atoms with E-state index in [-0.39, 0.29) is 29.2 Å². The summed E-state index contributed by atoms with van der Waals surface area (Å²) in [5, 5.41) is 6.15. The fourth-order valence-corrected chi connectivity index (χ4v) is 3.37. The maximum absolute atomic E-state index is 12.8. The summed E-state index contributed by atoms with van der Waals surface area (Å²) in [4.78, 5) is 35.2. The molecule has 1 aromatic heterocycles. The van der Waals surface area contributed by atoms with Crippen LogP contribution in [-0.2, 0) is 0 Å². The van der Waals surface area contributed by atoms with Gasteiger partial charge in [0.05, 0.1) is 18.2 Å². The van der Waals surface area contributed by atoms with Gasteiger partial charge < -0.3 is 26.0 Å². The topological polar surface area (TPSA) is 122 Å². The predicted octanol–water partition coefficient (Wildman–Crippen LogP) is 2.29. The Morgan fingerprint density at radius 1 is 1.23 bits per heavy atom. The molecule has 1 aliphatic rings. The van der Waals surface area contributed by atoms with E-state index in [0.717, 1.165) is 19.3 Å². The number of carbonyl (C=O) groups excluding carboxylic acids is 2. The Bertz CT molecular complexity index is 896. The number of aromatic nitrogens is 2. The van der Waals surface area contributed by atoms with Crippen molar-refractivity contribution in [1.29, 1.82) is 0 Å². The van der Waals surface area contributed by atoms with Crippen LogP contribution in [0.3, 0.4) is 0 Å². The van der Waals surface area contributed by atoms with Crippen molar-refractivity contribution in [2.75, 3.05) is 37.8 Å². The SMILES string of the molecule is CCCNC(=O)N1CCC(Nc2ncc(C(=O)c3ccccc3OC)c(N)n2)CC1. The second-order valence-electron chi connectivity index (χ2n) is 7.16. The number of likely N-dealkylation sites (tertiary alicyclic amines) is 1. The molecule has 0 atom stereocenters. The van der Waals surface area contributed by atoms with E-state index in [0.29, 0.717) is 36.9 Å². The number of para-hydroxylation sites is 1. The number of carbonyl (C=O) groups is 2. The number of amides is 2. The van der Waals surface area contributed by atoms with E-state index in [1.54, 1.807) is 24.3 Å². The zero-order valence-corrected chi connectivity index (χ0v) is 17.4. The smallest absolute Gasteiger partial charge is 0.317 e. The maximum atomic E-state index is 12.8. The molecule has 0 bridgehead atoms. The van der Waals surface area contributed by atoms with Crippen molar-refractivity contribution in [3.8, 4) is 5.75 Å². The van der Waals surface area contributed by atoms with Crippen molar-refractivity contribution in [1.82, 2.24) is 20.2 Å². The highest BCUT2D eigenvalue weighted by molar-refractivity contribution is 6.13. The molecule has 2 heterocycles. The number of nitrogen functional groups attached to an aromatic ring is 1. The summed E-state index contributed by atoms with van der Waals surface area (Å²) in [5.74, 6) is 0.666. The summed E-state index contributed by atoms with van der Waals surface area (Å²) in [6.07, 6.45) is 3.92. The molecule has 3 rings (SSSR count). The zero-order valence-electron chi connectivity index (χ0n) is 17.4. The van der Waals surface area contributed by atoms with Gasteiger partial charge in [-0.3, -0.25) is 4.79 Å². The Morgan fingerprint density at radius 2 is 1.97 bits per heavy atom. The average molecular weight is 412 g/mol. The van der Waals surface area contributed by atoms with Gasteiger partial charge in [-0.05, 0) is 31.4 Å². The van der Waals surface area contributed by atoms with Gasteiger partial charge in [-0.1, -0.05) is 19.1 Å². The van der Waals surface area contributed by atoms with Crippen LogP contribution in [0.25, 0.3) is 0 Å². The summed E-state index contributed by atoms with van der Waals surface area (Å²) in [7, 11) is 1.51. The van der Waals surface area contributed by atoms with Crippen molar-refractivity contribution in [3.63, 3.8) is 0 Å². The van der Waals surface area contributed by atoms with Crippen molar-refractivity contribution in [2.45, 2.75) is 32.2 Å². The van der Waals surface area contributed by atoms with E-state index in [1.807, 2.05) is 11.8 Å². The molecule has 9 nitrogen and oxygen atoms in total. The predicted molar refractivity (Wildman–Crippen MR) is 115 cm³/mol. The fourth-order valence-electron chi connectivity index (χ4n) is 3.37. The van der Waals surface area contributed by atoms with Crippen molar-refractivity contribution >= 4 is 23.6 Å². The number of ketones is 1. The van der Waals surface area contributed by atoms with Gasteiger partial charge in [0, 0.05) is 31.9 Å². The number of nitrogens with one attached hydrogen (secondary N) is 2. The van der Waals surface area contributed by atoms with Gasteiger partial charge >= 0.3 is 6.03 Å². The number of hydrogen-bond donors (Lipinski definition) is 3. The van der Waals surface area contributed by atoms with E-state index >= 15 is 0 Å². The number of urea groups is 1. The highest BCUT2D eigenvalue weighted by atomic mass is 16.5. The lowest BCUT2D eigenvalue weighted by atomic mass is 10.0. The second-order valence-corrected chi connectivity index (χ2v) is 7.16. The van der Waals surface area contributed by atoms with Crippen molar-refractivity contribution in [2.24, 2.45) is 0 Å². The largest absolute Gasteiger partial charge is 0.496 e. The molecule has 9 heteroatoms. The molecule has 1 aliphatic heterocycles. The van der Waals surface area contributed by atoms with Gasteiger partial charge in [0.2, 0.25) is 11.7 Å². The van der Waals surface area contributed by atoms with Crippen LogP contribution in [0.5, 0.6) is 5.75 Å². The molecule has 0 spiro atoms. The minimum Gasteiger partial charge on any atom is -0.496 e. The summed E-state index contributed by atoms with van der Waals surface area (Å²) < 4.78 is 5.25. The molecular formula is C21H28N6O3. The van der Waals surface area contributed by atoms with Crippen LogP contribution >= 0.6 is 0 Å². The molecule has 2 amide bonds. The Labute approximate surface area is 176 Å². The first-order chi connectivity index (χ1) is 14.5. The first-order valence-corrected chi connectivity index (χ1v) is 10.1. The molecule has 2 aromatic rings. The minimum atomic E-state index is -0.289. The van der Waals surface area contributed by atoms with Gasteiger partial charge in [-0.15, -0.1) is 0 Å². The second kappa shape index (κ2) is 9.91. The lowest BCUT2D eigenvalue weighted by molar-refractivity contribution is 0.103. The normalized spacial score (nSPS) is 14.3.